The Hall–Kier alpha value is -1.77. The third kappa shape index (κ3) is 4.08. The topological polar surface area (TPSA) is 66.5 Å². The fourth-order valence-corrected chi connectivity index (χ4v) is 4.25. The van der Waals surface area contributed by atoms with Crippen LogP contribution in [0.4, 0.5) is 4.39 Å². The van der Waals surface area contributed by atoms with E-state index < -0.39 is 15.8 Å². The van der Waals surface area contributed by atoms with Crippen molar-refractivity contribution >= 4 is 31.9 Å². The Kier molecular flexibility index (Phi) is 5.21. The van der Waals surface area contributed by atoms with Gasteiger partial charge in [0.1, 0.15) is 5.82 Å². The lowest BCUT2D eigenvalue weighted by atomic mass is 10.1. The van der Waals surface area contributed by atoms with E-state index in [-0.39, 0.29) is 36.4 Å². The monoisotopic (exact) mass is 426 g/mol. The summed E-state index contributed by atoms with van der Waals surface area (Å²) in [6, 6.07) is 12.5. The number of halogens is 2. The standard InChI is InChI=1S/C17H16BrFN2O3S/c18-15-8-4-5-12(17(15)19)9-16(22)21-10-13(11-21)20-25(23,24)14-6-2-1-3-7-14/h1-8,13,20H,9-11H2. The molecule has 1 aliphatic rings. The zero-order valence-electron chi connectivity index (χ0n) is 13.2. The number of sulfonamides is 1. The van der Waals surface area contributed by atoms with E-state index in [2.05, 4.69) is 20.7 Å². The molecule has 0 atom stereocenters. The van der Waals surface area contributed by atoms with Crippen LogP contribution in [-0.2, 0) is 21.2 Å². The van der Waals surface area contributed by atoms with Gasteiger partial charge in [0.05, 0.1) is 21.8 Å². The van der Waals surface area contributed by atoms with Gasteiger partial charge in [-0.2, -0.15) is 0 Å². The summed E-state index contributed by atoms with van der Waals surface area (Å²) in [4.78, 5) is 13.9. The highest BCUT2D eigenvalue weighted by Crippen LogP contribution is 2.21. The van der Waals surface area contributed by atoms with Gasteiger partial charge in [0.25, 0.3) is 0 Å². The smallest absolute Gasteiger partial charge is 0.240 e. The summed E-state index contributed by atoms with van der Waals surface area (Å²) in [7, 11) is -3.59. The van der Waals surface area contributed by atoms with Gasteiger partial charge in [0.15, 0.2) is 0 Å². The van der Waals surface area contributed by atoms with Crippen LogP contribution < -0.4 is 4.72 Å². The molecule has 2 aromatic carbocycles. The second-order valence-electron chi connectivity index (χ2n) is 5.82. The van der Waals surface area contributed by atoms with E-state index in [0.717, 1.165) is 0 Å². The molecular formula is C17H16BrFN2O3S. The van der Waals surface area contributed by atoms with E-state index in [1.807, 2.05) is 0 Å². The van der Waals surface area contributed by atoms with Crippen LogP contribution in [0.25, 0.3) is 0 Å². The quantitative estimate of drug-likeness (QED) is 0.797. The highest BCUT2D eigenvalue weighted by Gasteiger charge is 2.34. The van der Waals surface area contributed by atoms with Crippen molar-refractivity contribution in [3.8, 4) is 0 Å². The maximum atomic E-state index is 13.9. The molecule has 0 aromatic heterocycles. The third-order valence-corrected chi connectivity index (χ3v) is 6.13. The first kappa shape index (κ1) is 18.0. The Labute approximate surface area is 154 Å². The second kappa shape index (κ2) is 7.23. The first-order valence-electron chi connectivity index (χ1n) is 7.65. The van der Waals surface area contributed by atoms with Crippen LogP contribution in [0.5, 0.6) is 0 Å². The zero-order valence-corrected chi connectivity index (χ0v) is 15.6. The van der Waals surface area contributed by atoms with Gasteiger partial charge in [-0.3, -0.25) is 4.79 Å². The van der Waals surface area contributed by atoms with Crippen molar-refractivity contribution in [2.24, 2.45) is 0 Å². The van der Waals surface area contributed by atoms with Crippen LogP contribution in [-0.4, -0.2) is 38.4 Å². The number of nitrogens with one attached hydrogen (secondary N) is 1. The molecule has 1 N–H and O–H groups in total. The molecule has 0 bridgehead atoms. The minimum atomic E-state index is -3.59. The molecule has 1 fully saturated rings. The van der Waals surface area contributed by atoms with E-state index in [0.29, 0.717) is 10.0 Å². The van der Waals surface area contributed by atoms with Crippen molar-refractivity contribution in [3.05, 3.63) is 64.4 Å². The van der Waals surface area contributed by atoms with Gasteiger partial charge in [-0.05, 0) is 39.7 Å². The SMILES string of the molecule is O=C(Cc1cccc(Br)c1F)N1CC(NS(=O)(=O)c2ccccc2)C1. The minimum absolute atomic E-state index is 0.0522. The van der Waals surface area contributed by atoms with Crippen molar-refractivity contribution < 1.29 is 17.6 Å². The normalized spacial score (nSPS) is 15.0. The van der Waals surface area contributed by atoms with Crippen LogP contribution >= 0.6 is 15.9 Å². The summed E-state index contributed by atoms with van der Waals surface area (Å²) >= 11 is 3.09. The van der Waals surface area contributed by atoms with E-state index in [9.17, 15) is 17.6 Å². The number of benzene rings is 2. The fraction of sp³-hybridized carbons (Fsp3) is 0.235. The Balaban J connectivity index is 1.56. The lowest BCUT2D eigenvalue weighted by molar-refractivity contribution is -0.135. The van der Waals surface area contributed by atoms with Gasteiger partial charge >= 0.3 is 0 Å². The van der Waals surface area contributed by atoms with Crippen molar-refractivity contribution in [1.82, 2.24) is 9.62 Å². The van der Waals surface area contributed by atoms with Gasteiger partial charge in [-0.15, -0.1) is 0 Å². The average molecular weight is 427 g/mol. The van der Waals surface area contributed by atoms with Crippen LogP contribution in [0.15, 0.2) is 57.9 Å². The summed E-state index contributed by atoms with van der Waals surface area (Å²) in [5.74, 6) is -0.676. The molecule has 25 heavy (non-hydrogen) atoms. The first-order valence-corrected chi connectivity index (χ1v) is 9.92. The number of hydrogen-bond acceptors (Lipinski definition) is 3. The predicted molar refractivity (Wildman–Crippen MR) is 94.9 cm³/mol. The number of rotatable bonds is 5. The molecule has 1 heterocycles. The number of amides is 1. The molecule has 0 spiro atoms. The Morgan fingerprint density at radius 1 is 1.16 bits per heavy atom. The Morgan fingerprint density at radius 3 is 2.52 bits per heavy atom. The fourth-order valence-electron chi connectivity index (χ4n) is 2.60. The van der Waals surface area contributed by atoms with E-state index >= 15 is 0 Å². The second-order valence-corrected chi connectivity index (χ2v) is 8.39. The number of carbonyl (C=O) groups excluding carboxylic acids is 1. The van der Waals surface area contributed by atoms with Gasteiger partial charge in [-0.1, -0.05) is 30.3 Å². The van der Waals surface area contributed by atoms with Crippen molar-refractivity contribution in [2.45, 2.75) is 17.4 Å². The number of likely N-dealkylation sites (tertiary alicyclic amines) is 1. The zero-order chi connectivity index (χ0) is 18.0. The number of hydrogen-bond donors (Lipinski definition) is 1. The molecule has 0 saturated carbocycles. The maximum Gasteiger partial charge on any atom is 0.240 e. The molecule has 132 valence electrons. The lowest BCUT2D eigenvalue weighted by Gasteiger charge is -2.39. The molecular weight excluding hydrogens is 411 g/mol. The van der Waals surface area contributed by atoms with Gasteiger partial charge in [0.2, 0.25) is 15.9 Å². The molecule has 2 aromatic rings. The van der Waals surface area contributed by atoms with Crippen molar-refractivity contribution in [1.29, 1.82) is 0 Å². The van der Waals surface area contributed by atoms with Crippen LogP contribution in [0.1, 0.15) is 5.56 Å². The summed E-state index contributed by atoms with van der Waals surface area (Å²) in [6.45, 7) is 0.557. The first-order chi connectivity index (χ1) is 11.9. The van der Waals surface area contributed by atoms with E-state index in [1.54, 1.807) is 36.4 Å². The molecule has 0 unspecified atom stereocenters. The molecule has 0 aliphatic carbocycles. The Morgan fingerprint density at radius 2 is 1.84 bits per heavy atom. The molecule has 8 heteroatoms. The highest BCUT2D eigenvalue weighted by molar-refractivity contribution is 9.10. The van der Waals surface area contributed by atoms with E-state index in [1.165, 1.54) is 17.0 Å². The van der Waals surface area contributed by atoms with Gasteiger partial charge in [-0.25, -0.2) is 17.5 Å². The molecule has 1 saturated heterocycles. The predicted octanol–water partition coefficient (Wildman–Crippen LogP) is 2.32. The van der Waals surface area contributed by atoms with Gasteiger partial charge in [0, 0.05) is 13.1 Å². The average Bonchev–Trinajstić information content (AvgIpc) is 2.55. The summed E-state index contributed by atoms with van der Waals surface area (Å²) in [5, 5.41) is 0. The molecule has 1 amide bonds. The lowest BCUT2D eigenvalue weighted by Crippen LogP contribution is -2.61. The van der Waals surface area contributed by atoms with Crippen LogP contribution in [0.3, 0.4) is 0 Å². The molecule has 5 nitrogen and oxygen atoms in total. The minimum Gasteiger partial charge on any atom is -0.339 e. The van der Waals surface area contributed by atoms with Gasteiger partial charge < -0.3 is 4.90 Å². The van der Waals surface area contributed by atoms with Crippen LogP contribution in [0.2, 0.25) is 0 Å². The maximum absolute atomic E-state index is 13.9. The third-order valence-electron chi connectivity index (χ3n) is 3.98. The molecule has 0 radical (unpaired) electrons. The summed E-state index contributed by atoms with van der Waals surface area (Å²) in [5.41, 5.74) is 0.313. The van der Waals surface area contributed by atoms with E-state index in [4.69, 9.17) is 0 Å². The van der Waals surface area contributed by atoms with Crippen molar-refractivity contribution in [2.75, 3.05) is 13.1 Å². The summed E-state index contributed by atoms with van der Waals surface area (Å²) < 4.78 is 41.2. The molecule has 1 aliphatic heterocycles. The largest absolute Gasteiger partial charge is 0.339 e. The van der Waals surface area contributed by atoms with Crippen LogP contribution in [0, 0.1) is 5.82 Å². The Bertz CT molecular complexity index is 884. The number of carbonyl (C=O) groups is 1. The number of nitrogens with zero attached hydrogens (tertiary/aromatic N) is 1. The molecule has 3 rings (SSSR count). The highest BCUT2D eigenvalue weighted by atomic mass is 79.9. The van der Waals surface area contributed by atoms with Crippen molar-refractivity contribution in [3.63, 3.8) is 0 Å². The summed E-state index contributed by atoms with van der Waals surface area (Å²) in [6.07, 6.45) is -0.0522.